The molecule has 0 bridgehead atoms. The number of aryl methyl sites for hydroxylation is 1. The number of unbranched alkanes of at least 4 members (excludes halogenated alkanes) is 2. The van der Waals surface area contributed by atoms with E-state index >= 15 is 0 Å². The highest BCUT2D eigenvalue weighted by molar-refractivity contribution is 7.13. The van der Waals surface area contributed by atoms with Crippen molar-refractivity contribution in [2.24, 2.45) is 0 Å². The van der Waals surface area contributed by atoms with E-state index in [1.807, 2.05) is 0 Å². The van der Waals surface area contributed by atoms with Gasteiger partial charge in [-0.25, -0.2) is 4.79 Å². The number of methoxy groups -OCH3 is 1. The number of rotatable bonds is 11. The SMILES string of the molecule is CCCCCC(O)/C=C/[C@H]1CC(F)(F)C(=O)N1CCCc1ccc(OC(=O)OC)s1. The highest BCUT2D eigenvalue weighted by atomic mass is 32.1. The van der Waals surface area contributed by atoms with Crippen molar-refractivity contribution in [1.82, 2.24) is 4.90 Å². The zero-order chi connectivity index (χ0) is 22.1. The van der Waals surface area contributed by atoms with Gasteiger partial charge >= 0.3 is 12.1 Å². The summed E-state index contributed by atoms with van der Waals surface area (Å²) in [6.45, 7) is 2.25. The Morgan fingerprint density at radius 1 is 1.40 bits per heavy atom. The summed E-state index contributed by atoms with van der Waals surface area (Å²) in [6, 6.07) is 2.69. The van der Waals surface area contributed by atoms with Gasteiger partial charge in [-0.2, -0.15) is 8.78 Å². The van der Waals surface area contributed by atoms with E-state index in [1.165, 1.54) is 35.5 Å². The molecule has 0 radical (unpaired) electrons. The van der Waals surface area contributed by atoms with Crippen molar-refractivity contribution in [3.8, 4) is 5.06 Å². The lowest BCUT2D eigenvalue weighted by atomic mass is 10.1. The number of aliphatic hydroxyl groups excluding tert-OH is 1. The fourth-order valence-electron chi connectivity index (χ4n) is 3.31. The predicted molar refractivity (Wildman–Crippen MR) is 110 cm³/mol. The third kappa shape index (κ3) is 7.05. The Bertz CT molecular complexity index is 737. The molecule has 1 saturated heterocycles. The molecule has 30 heavy (non-hydrogen) atoms. The van der Waals surface area contributed by atoms with Crippen LogP contribution in [0.15, 0.2) is 24.3 Å². The summed E-state index contributed by atoms with van der Waals surface area (Å²) >= 11 is 1.26. The average molecular weight is 446 g/mol. The van der Waals surface area contributed by atoms with Gasteiger partial charge < -0.3 is 19.5 Å². The molecule has 9 heteroatoms. The highest BCUT2D eigenvalue weighted by Crippen LogP contribution is 2.34. The maximum atomic E-state index is 14.0. The predicted octanol–water partition coefficient (Wildman–Crippen LogP) is 4.56. The first-order chi connectivity index (χ1) is 14.3. The number of hydrogen-bond donors (Lipinski definition) is 1. The average Bonchev–Trinajstić information content (AvgIpc) is 3.23. The van der Waals surface area contributed by atoms with E-state index in [1.54, 1.807) is 12.1 Å². The number of alkyl halides is 2. The maximum absolute atomic E-state index is 14.0. The zero-order valence-electron chi connectivity index (χ0n) is 17.3. The van der Waals surface area contributed by atoms with E-state index in [-0.39, 0.29) is 6.54 Å². The van der Waals surface area contributed by atoms with Gasteiger partial charge in [0.2, 0.25) is 0 Å². The maximum Gasteiger partial charge on any atom is 0.514 e. The largest absolute Gasteiger partial charge is 0.514 e. The van der Waals surface area contributed by atoms with Crippen LogP contribution in [0.2, 0.25) is 0 Å². The van der Waals surface area contributed by atoms with Crippen LogP contribution in [0.3, 0.4) is 0 Å². The number of halogens is 2. The monoisotopic (exact) mass is 445 g/mol. The molecule has 1 aromatic heterocycles. The summed E-state index contributed by atoms with van der Waals surface area (Å²) in [5.41, 5.74) is 0. The van der Waals surface area contributed by atoms with Gasteiger partial charge in [0.05, 0.1) is 19.3 Å². The molecule has 1 aliphatic heterocycles. The Kier molecular flexibility index (Phi) is 9.23. The Morgan fingerprint density at radius 2 is 2.17 bits per heavy atom. The number of carbonyl (C=O) groups is 2. The van der Waals surface area contributed by atoms with Gasteiger partial charge in [-0.15, -0.1) is 11.3 Å². The smallest absolute Gasteiger partial charge is 0.437 e. The van der Waals surface area contributed by atoms with Gasteiger partial charge in [-0.3, -0.25) is 4.79 Å². The van der Waals surface area contributed by atoms with Gasteiger partial charge in [0, 0.05) is 17.8 Å². The summed E-state index contributed by atoms with van der Waals surface area (Å²) in [4.78, 5) is 25.3. The summed E-state index contributed by atoms with van der Waals surface area (Å²) in [5, 5.41) is 10.4. The topological polar surface area (TPSA) is 76.1 Å². The van der Waals surface area contributed by atoms with Crippen LogP contribution in [0.4, 0.5) is 13.6 Å². The van der Waals surface area contributed by atoms with E-state index in [0.29, 0.717) is 24.3 Å². The number of aliphatic hydroxyl groups is 1. The van der Waals surface area contributed by atoms with Crippen molar-refractivity contribution in [2.75, 3.05) is 13.7 Å². The van der Waals surface area contributed by atoms with Crippen LogP contribution in [0.1, 0.15) is 50.3 Å². The molecule has 2 rings (SSSR count). The van der Waals surface area contributed by atoms with E-state index in [9.17, 15) is 23.5 Å². The lowest BCUT2D eigenvalue weighted by Crippen LogP contribution is -2.36. The van der Waals surface area contributed by atoms with Gasteiger partial charge in [0.25, 0.3) is 5.91 Å². The van der Waals surface area contributed by atoms with Gasteiger partial charge in [-0.1, -0.05) is 38.3 Å². The quantitative estimate of drug-likeness (QED) is 0.307. The molecule has 1 aromatic rings. The Hall–Kier alpha value is -2.00. The normalized spacial score (nSPS) is 19.4. The minimum absolute atomic E-state index is 0.181. The Labute approximate surface area is 179 Å². The van der Waals surface area contributed by atoms with Gasteiger partial charge in [-0.05, 0) is 31.4 Å². The number of ether oxygens (including phenoxy) is 2. The fourth-order valence-corrected chi connectivity index (χ4v) is 4.20. The molecule has 1 amide bonds. The summed E-state index contributed by atoms with van der Waals surface area (Å²) < 4.78 is 37.3. The molecule has 168 valence electrons. The number of thiophene rings is 1. The Morgan fingerprint density at radius 3 is 2.87 bits per heavy atom. The van der Waals surface area contributed by atoms with Gasteiger partial charge in [0.15, 0.2) is 5.06 Å². The molecule has 2 atom stereocenters. The van der Waals surface area contributed by atoms with E-state index in [2.05, 4.69) is 11.7 Å². The van der Waals surface area contributed by atoms with Crippen LogP contribution in [-0.2, 0) is 16.0 Å². The van der Waals surface area contributed by atoms with E-state index in [0.717, 1.165) is 24.1 Å². The van der Waals surface area contributed by atoms with Crippen molar-refractivity contribution >= 4 is 23.4 Å². The third-order valence-corrected chi connectivity index (χ3v) is 5.93. The lowest BCUT2D eigenvalue weighted by Gasteiger charge is -2.21. The molecule has 0 aromatic carbocycles. The molecule has 0 aliphatic carbocycles. The molecule has 1 unspecified atom stereocenters. The summed E-state index contributed by atoms with van der Waals surface area (Å²) in [6.07, 6.45) is 5.52. The summed E-state index contributed by atoms with van der Waals surface area (Å²) in [5.74, 6) is -4.55. The van der Waals surface area contributed by atoms with Crippen LogP contribution in [0.25, 0.3) is 0 Å². The molecule has 6 nitrogen and oxygen atoms in total. The first kappa shape index (κ1) is 24.3. The van der Waals surface area contributed by atoms with Crippen LogP contribution < -0.4 is 4.74 Å². The van der Waals surface area contributed by atoms with Crippen LogP contribution in [-0.4, -0.2) is 53.8 Å². The highest BCUT2D eigenvalue weighted by Gasteiger charge is 2.52. The van der Waals surface area contributed by atoms with Crippen molar-refractivity contribution in [3.63, 3.8) is 0 Å². The third-order valence-electron chi connectivity index (χ3n) is 4.91. The lowest BCUT2D eigenvalue weighted by molar-refractivity contribution is -0.148. The van der Waals surface area contributed by atoms with Crippen molar-refractivity contribution < 1.29 is 33.0 Å². The standard InChI is InChI=1S/C21H29F2NO5S/c1-3-4-5-7-16(25)10-9-15-14-21(22,23)19(26)24(15)13-6-8-17-11-12-18(30-17)29-20(27)28-2/h9-12,15-16,25H,3-8,13-14H2,1-2H3/b10-9+/t15-,16?/m0/s1. The molecular formula is C21H29F2NO5S. The first-order valence-corrected chi connectivity index (χ1v) is 11.0. The zero-order valence-corrected chi connectivity index (χ0v) is 18.1. The molecule has 0 saturated carbocycles. The summed E-state index contributed by atoms with van der Waals surface area (Å²) in [7, 11) is 1.22. The molecule has 0 spiro atoms. The number of nitrogens with zero attached hydrogens (tertiary/aromatic N) is 1. The number of likely N-dealkylation sites (tertiary alicyclic amines) is 1. The minimum Gasteiger partial charge on any atom is -0.437 e. The molecule has 1 aliphatic rings. The second kappa shape index (κ2) is 11.4. The van der Waals surface area contributed by atoms with Crippen LogP contribution in [0, 0.1) is 0 Å². The van der Waals surface area contributed by atoms with Crippen molar-refractivity contribution in [1.29, 1.82) is 0 Å². The fraction of sp³-hybridized carbons (Fsp3) is 0.619. The van der Waals surface area contributed by atoms with E-state index < -0.39 is 36.6 Å². The van der Waals surface area contributed by atoms with Crippen molar-refractivity contribution in [3.05, 3.63) is 29.2 Å². The van der Waals surface area contributed by atoms with Crippen LogP contribution in [0.5, 0.6) is 5.06 Å². The molecular weight excluding hydrogens is 416 g/mol. The second-order valence-corrected chi connectivity index (χ2v) is 8.43. The molecule has 1 fully saturated rings. The molecule has 2 heterocycles. The van der Waals surface area contributed by atoms with Crippen LogP contribution >= 0.6 is 11.3 Å². The van der Waals surface area contributed by atoms with E-state index in [4.69, 9.17) is 4.74 Å². The number of hydrogen-bond acceptors (Lipinski definition) is 6. The molecule has 1 N–H and O–H groups in total. The second-order valence-electron chi connectivity index (χ2n) is 7.30. The number of carbonyl (C=O) groups excluding carboxylic acids is 2. The first-order valence-electron chi connectivity index (χ1n) is 10.2. The Balaban J connectivity index is 1.89. The number of amides is 1. The minimum atomic E-state index is -3.38. The van der Waals surface area contributed by atoms with Gasteiger partial charge in [0.1, 0.15) is 0 Å². The van der Waals surface area contributed by atoms with Crippen molar-refractivity contribution in [2.45, 2.75) is 69.9 Å².